The zero-order chi connectivity index (χ0) is 31.9. The maximum Gasteiger partial charge on any atom is 0.469 e. The summed E-state index contributed by atoms with van der Waals surface area (Å²) >= 11 is 0. The molecule has 0 aromatic heterocycles. The molecule has 0 aliphatic carbocycles. The summed E-state index contributed by atoms with van der Waals surface area (Å²) in [6.07, 6.45) is 32.9. The molecule has 0 saturated carbocycles. The van der Waals surface area contributed by atoms with Crippen LogP contribution in [0.2, 0.25) is 0 Å². The SMILES string of the molecule is CCCC/C=C/C/C=C/CCCCCCCC(=O)OC[C@H](COP(=O)(O)O)OC(=O)CCCCCCC/C=C/CCCC. The van der Waals surface area contributed by atoms with E-state index in [0.29, 0.717) is 12.8 Å². The van der Waals surface area contributed by atoms with E-state index in [1.165, 1.54) is 25.7 Å². The summed E-state index contributed by atoms with van der Waals surface area (Å²) in [6, 6.07) is 0. The number of unbranched alkanes of at least 4 members (excludes halogenated alkanes) is 14. The summed E-state index contributed by atoms with van der Waals surface area (Å²) in [5, 5.41) is 0. The van der Waals surface area contributed by atoms with Gasteiger partial charge in [0.2, 0.25) is 0 Å². The van der Waals surface area contributed by atoms with Crippen molar-refractivity contribution in [3.05, 3.63) is 36.5 Å². The molecule has 0 aromatic rings. The first-order chi connectivity index (χ1) is 20.8. The molecular weight excluding hydrogens is 567 g/mol. The van der Waals surface area contributed by atoms with Crippen molar-refractivity contribution in [1.29, 1.82) is 0 Å². The van der Waals surface area contributed by atoms with E-state index in [1.807, 2.05) is 0 Å². The van der Waals surface area contributed by atoms with Crippen LogP contribution in [0.3, 0.4) is 0 Å². The second kappa shape index (κ2) is 30.3. The number of carbonyl (C=O) groups is 2. The lowest BCUT2D eigenvalue weighted by molar-refractivity contribution is -0.161. The number of esters is 2. The van der Waals surface area contributed by atoms with Gasteiger partial charge >= 0.3 is 19.8 Å². The third-order valence-electron chi connectivity index (χ3n) is 6.88. The molecule has 0 rings (SSSR count). The van der Waals surface area contributed by atoms with Crippen LogP contribution < -0.4 is 0 Å². The number of phosphoric ester groups is 1. The number of rotatable bonds is 30. The van der Waals surface area contributed by atoms with Gasteiger partial charge in [0.15, 0.2) is 6.10 Å². The first-order valence-corrected chi connectivity index (χ1v) is 18.3. The Labute approximate surface area is 262 Å². The largest absolute Gasteiger partial charge is 0.469 e. The van der Waals surface area contributed by atoms with E-state index in [-0.39, 0.29) is 19.4 Å². The van der Waals surface area contributed by atoms with Crippen LogP contribution in [-0.4, -0.2) is 41.0 Å². The van der Waals surface area contributed by atoms with Gasteiger partial charge in [-0.1, -0.05) is 115 Å². The summed E-state index contributed by atoms with van der Waals surface area (Å²) in [6.45, 7) is 3.55. The van der Waals surface area contributed by atoms with Crippen molar-refractivity contribution < 1.29 is 37.9 Å². The third kappa shape index (κ3) is 33.0. The average molecular weight is 629 g/mol. The molecule has 0 spiro atoms. The molecule has 0 saturated heterocycles. The van der Waals surface area contributed by atoms with E-state index in [2.05, 4.69) is 54.8 Å². The molecule has 0 heterocycles. The number of allylic oxidation sites excluding steroid dienone is 6. The maximum absolute atomic E-state index is 12.3. The van der Waals surface area contributed by atoms with Crippen molar-refractivity contribution in [3.8, 4) is 0 Å². The second-order valence-corrected chi connectivity index (χ2v) is 12.4. The van der Waals surface area contributed by atoms with Gasteiger partial charge in [-0.2, -0.15) is 0 Å². The Morgan fingerprint density at radius 3 is 1.56 bits per heavy atom. The Balaban J connectivity index is 4.05. The number of phosphoric acid groups is 1. The molecule has 9 heteroatoms. The molecule has 0 bridgehead atoms. The quantitative estimate of drug-likeness (QED) is 0.0349. The molecule has 0 fully saturated rings. The fourth-order valence-corrected chi connectivity index (χ4v) is 4.67. The second-order valence-electron chi connectivity index (χ2n) is 11.1. The van der Waals surface area contributed by atoms with Crippen molar-refractivity contribution in [2.45, 2.75) is 155 Å². The molecule has 1 atom stereocenters. The summed E-state index contributed by atoms with van der Waals surface area (Å²) in [4.78, 5) is 42.5. The van der Waals surface area contributed by atoms with Crippen molar-refractivity contribution in [2.24, 2.45) is 0 Å². The van der Waals surface area contributed by atoms with Crippen molar-refractivity contribution in [3.63, 3.8) is 0 Å². The normalized spacial score (nSPS) is 12.9. The lowest BCUT2D eigenvalue weighted by Crippen LogP contribution is -2.29. The number of hydrogen-bond donors (Lipinski definition) is 2. The smallest absolute Gasteiger partial charge is 0.462 e. The highest BCUT2D eigenvalue weighted by atomic mass is 31.2. The molecule has 0 unspecified atom stereocenters. The third-order valence-corrected chi connectivity index (χ3v) is 7.37. The molecular formula is C34H61O8P. The number of ether oxygens (including phenoxy) is 2. The Morgan fingerprint density at radius 2 is 1.05 bits per heavy atom. The first-order valence-electron chi connectivity index (χ1n) is 16.8. The van der Waals surface area contributed by atoms with Gasteiger partial charge in [-0.05, 0) is 57.8 Å². The summed E-state index contributed by atoms with van der Waals surface area (Å²) in [5.41, 5.74) is 0. The average Bonchev–Trinajstić information content (AvgIpc) is 2.97. The predicted octanol–water partition coefficient (Wildman–Crippen LogP) is 9.45. The van der Waals surface area contributed by atoms with Crippen LogP contribution in [0.15, 0.2) is 36.5 Å². The minimum Gasteiger partial charge on any atom is -0.462 e. The van der Waals surface area contributed by atoms with Crippen LogP contribution >= 0.6 is 7.82 Å². The minimum absolute atomic E-state index is 0.198. The van der Waals surface area contributed by atoms with Gasteiger partial charge in [-0.15, -0.1) is 0 Å². The van der Waals surface area contributed by atoms with Gasteiger partial charge in [-0.3, -0.25) is 14.1 Å². The van der Waals surface area contributed by atoms with Gasteiger partial charge in [0.05, 0.1) is 6.61 Å². The van der Waals surface area contributed by atoms with Crippen molar-refractivity contribution in [1.82, 2.24) is 0 Å². The van der Waals surface area contributed by atoms with E-state index in [0.717, 1.165) is 83.5 Å². The van der Waals surface area contributed by atoms with E-state index in [1.54, 1.807) is 0 Å². The van der Waals surface area contributed by atoms with Gasteiger partial charge in [0.25, 0.3) is 0 Å². The van der Waals surface area contributed by atoms with E-state index >= 15 is 0 Å². The Hall–Kier alpha value is -1.73. The molecule has 0 aromatic carbocycles. The van der Waals surface area contributed by atoms with Gasteiger partial charge in [-0.25, -0.2) is 4.57 Å². The fraction of sp³-hybridized carbons (Fsp3) is 0.765. The lowest BCUT2D eigenvalue weighted by Gasteiger charge is -2.18. The Morgan fingerprint density at radius 1 is 0.605 bits per heavy atom. The zero-order valence-electron chi connectivity index (χ0n) is 27.1. The van der Waals surface area contributed by atoms with Crippen LogP contribution in [-0.2, 0) is 28.2 Å². The Kier molecular flexibility index (Phi) is 29.1. The van der Waals surface area contributed by atoms with Crippen molar-refractivity contribution >= 4 is 19.8 Å². The van der Waals surface area contributed by atoms with E-state index < -0.39 is 32.5 Å². The first kappa shape index (κ1) is 41.3. The highest BCUT2D eigenvalue weighted by Crippen LogP contribution is 2.35. The molecule has 0 aliphatic rings. The van der Waals surface area contributed by atoms with Gasteiger partial charge < -0.3 is 19.3 Å². The van der Waals surface area contributed by atoms with Gasteiger partial charge in [0.1, 0.15) is 6.61 Å². The lowest BCUT2D eigenvalue weighted by atomic mass is 10.1. The van der Waals surface area contributed by atoms with Crippen LogP contribution in [0.1, 0.15) is 149 Å². The van der Waals surface area contributed by atoms with Crippen LogP contribution in [0.5, 0.6) is 0 Å². The summed E-state index contributed by atoms with van der Waals surface area (Å²) in [5.74, 6) is -0.917. The van der Waals surface area contributed by atoms with Crippen LogP contribution in [0, 0.1) is 0 Å². The molecule has 0 aliphatic heterocycles. The Bertz CT molecular complexity index is 802. The minimum atomic E-state index is -4.75. The molecule has 250 valence electrons. The number of carbonyl (C=O) groups excluding carboxylic acids is 2. The van der Waals surface area contributed by atoms with E-state index in [4.69, 9.17) is 19.3 Å². The van der Waals surface area contributed by atoms with Crippen LogP contribution in [0.4, 0.5) is 0 Å². The highest BCUT2D eigenvalue weighted by Gasteiger charge is 2.22. The molecule has 8 nitrogen and oxygen atoms in total. The molecule has 0 radical (unpaired) electrons. The monoisotopic (exact) mass is 628 g/mol. The molecule has 43 heavy (non-hydrogen) atoms. The summed E-state index contributed by atoms with van der Waals surface area (Å²) in [7, 11) is -4.75. The molecule has 2 N–H and O–H groups in total. The predicted molar refractivity (Wildman–Crippen MR) is 175 cm³/mol. The topological polar surface area (TPSA) is 119 Å². The standard InChI is InChI=1S/C34H61O8P/c1-3-5-7-9-11-13-15-16-17-19-20-22-24-26-28-33(35)40-30-32(31-41-43(37,38)39)42-34(36)29-27-25-23-21-18-14-12-10-8-6-4-2/h9-12,15-16,32H,3-8,13-14,17-31H2,1-2H3,(H2,37,38,39)/b11-9+,12-10+,16-15+/t32-/m1/s1. The van der Waals surface area contributed by atoms with E-state index in [9.17, 15) is 14.2 Å². The fourth-order valence-electron chi connectivity index (χ4n) is 4.31. The maximum atomic E-state index is 12.3. The number of hydrogen-bond acceptors (Lipinski definition) is 6. The highest BCUT2D eigenvalue weighted by molar-refractivity contribution is 7.46. The zero-order valence-corrected chi connectivity index (χ0v) is 28.0. The summed E-state index contributed by atoms with van der Waals surface area (Å²) < 4.78 is 26.2. The molecule has 0 amide bonds. The van der Waals surface area contributed by atoms with Gasteiger partial charge in [0, 0.05) is 12.8 Å². The van der Waals surface area contributed by atoms with Crippen LogP contribution in [0.25, 0.3) is 0 Å². The van der Waals surface area contributed by atoms with Crippen molar-refractivity contribution in [2.75, 3.05) is 13.2 Å².